The molecule has 0 aliphatic carbocycles. The lowest BCUT2D eigenvalue weighted by Crippen LogP contribution is -2.28. The van der Waals surface area contributed by atoms with Gasteiger partial charge in [-0.3, -0.25) is 4.79 Å². The maximum atomic E-state index is 12.2. The van der Waals surface area contributed by atoms with Crippen LogP contribution in [0.4, 0.5) is 0 Å². The maximum absolute atomic E-state index is 12.2. The van der Waals surface area contributed by atoms with Crippen LogP contribution in [0, 0.1) is 0 Å². The van der Waals surface area contributed by atoms with Crippen molar-refractivity contribution >= 4 is 39.1 Å². The molecule has 0 aromatic heterocycles. The number of methoxy groups -OCH3 is 1. The molecule has 146 valence electrons. The Morgan fingerprint density at radius 1 is 1.07 bits per heavy atom. The lowest BCUT2D eigenvalue weighted by Gasteiger charge is -2.09. The molecule has 9 heteroatoms. The third-order valence-electron chi connectivity index (χ3n) is 3.74. The summed E-state index contributed by atoms with van der Waals surface area (Å²) in [5, 5.41) is 3.72. The third-order valence-corrected chi connectivity index (χ3v) is 6.07. The molecule has 0 aliphatic rings. The van der Waals surface area contributed by atoms with Gasteiger partial charge >= 0.3 is 0 Å². The van der Waals surface area contributed by atoms with Crippen LogP contribution in [0.2, 0.25) is 10.0 Å². The van der Waals surface area contributed by atoms with Crippen molar-refractivity contribution in [3.8, 4) is 0 Å². The van der Waals surface area contributed by atoms with Crippen LogP contribution in [0.15, 0.2) is 47.4 Å². The highest BCUT2D eigenvalue weighted by Gasteiger charge is 2.14. The van der Waals surface area contributed by atoms with Crippen molar-refractivity contribution in [2.45, 2.75) is 11.3 Å². The lowest BCUT2D eigenvalue weighted by atomic mass is 10.1. The van der Waals surface area contributed by atoms with E-state index >= 15 is 0 Å². The smallest absolute Gasteiger partial charge is 0.251 e. The van der Waals surface area contributed by atoms with E-state index in [0.717, 1.165) is 5.56 Å². The van der Waals surface area contributed by atoms with Gasteiger partial charge in [-0.15, -0.1) is 0 Å². The molecule has 1 amide bonds. The Kier molecular flexibility index (Phi) is 8.07. The molecule has 6 nitrogen and oxygen atoms in total. The molecule has 0 unspecified atom stereocenters. The zero-order valence-corrected chi connectivity index (χ0v) is 17.0. The Balaban J connectivity index is 1.92. The zero-order valence-electron chi connectivity index (χ0n) is 14.7. The van der Waals surface area contributed by atoms with Gasteiger partial charge in [0.1, 0.15) is 0 Å². The summed E-state index contributed by atoms with van der Waals surface area (Å²) in [4.78, 5) is 12.3. The largest absolute Gasteiger partial charge is 0.383 e. The molecule has 2 aromatic carbocycles. The molecule has 0 saturated carbocycles. The Hall–Kier alpha value is -1.64. The van der Waals surface area contributed by atoms with Crippen LogP contribution in [-0.2, 0) is 21.2 Å². The van der Waals surface area contributed by atoms with E-state index < -0.39 is 10.0 Å². The summed E-state index contributed by atoms with van der Waals surface area (Å²) in [7, 11) is -2.14. The minimum absolute atomic E-state index is 0.0841. The molecular weight excluding hydrogens is 411 g/mol. The number of hydrogen-bond donors (Lipinski definition) is 2. The van der Waals surface area contributed by atoms with Gasteiger partial charge in [0, 0.05) is 25.8 Å². The molecule has 27 heavy (non-hydrogen) atoms. The number of benzene rings is 2. The number of rotatable bonds is 9. The van der Waals surface area contributed by atoms with E-state index in [2.05, 4.69) is 10.0 Å². The topological polar surface area (TPSA) is 84.5 Å². The Labute approximate surface area is 168 Å². The van der Waals surface area contributed by atoms with Gasteiger partial charge in [-0.2, -0.15) is 0 Å². The molecule has 0 radical (unpaired) electrons. The molecule has 0 bridgehead atoms. The highest BCUT2D eigenvalue weighted by atomic mass is 35.5. The number of halogens is 2. The van der Waals surface area contributed by atoms with E-state index in [9.17, 15) is 13.2 Å². The quantitative estimate of drug-likeness (QED) is 0.598. The minimum atomic E-state index is -3.63. The molecule has 2 aromatic rings. The standard InChI is InChI=1S/C18H20Cl2N2O4S/c1-26-12-11-22-27(24,25)15-7-5-14(6-8-15)18(23)21-10-9-13-3-2-4-16(19)17(13)20/h2-8,22H,9-12H2,1H3,(H,21,23). The molecule has 0 spiro atoms. The van der Waals surface area contributed by atoms with Crippen molar-refractivity contribution in [1.82, 2.24) is 10.0 Å². The second-order valence-electron chi connectivity index (χ2n) is 5.63. The van der Waals surface area contributed by atoms with E-state index in [1.807, 2.05) is 6.07 Å². The second-order valence-corrected chi connectivity index (χ2v) is 8.19. The fourth-order valence-electron chi connectivity index (χ4n) is 2.30. The third kappa shape index (κ3) is 6.19. The predicted molar refractivity (Wildman–Crippen MR) is 106 cm³/mol. The summed E-state index contributed by atoms with van der Waals surface area (Å²) in [5.41, 5.74) is 1.20. The molecule has 0 saturated heterocycles. The van der Waals surface area contributed by atoms with Crippen LogP contribution in [0.3, 0.4) is 0 Å². The van der Waals surface area contributed by atoms with Crippen LogP contribution in [-0.4, -0.2) is 41.1 Å². The monoisotopic (exact) mass is 430 g/mol. The normalized spacial score (nSPS) is 11.4. The Morgan fingerprint density at radius 2 is 1.78 bits per heavy atom. The first-order chi connectivity index (χ1) is 12.8. The van der Waals surface area contributed by atoms with Gasteiger partial charge in [0.2, 0.25) is 10.0 Å². The second kappa shape index (κ2) is 10.1. The summed E-state index contributed by atoms with van der Waals surface area (Å²) >= 11 is 12.1. The van der Waals surface area contributed by atoms with Gasteiger partial charge in [-0.05, 0) is 42.3 Å². The van der Waals surface area contributed by atoms with E-state index in [-0.39, 0.29) is 24.0 Å². The first kappa shape index (κ1) is 21.7. The summed E-state index contributed by atoms with van der Waals surface area (Å²) in [6.45, 7) is 0.820. The van der Waals surface area contributed by atoms with Gasteiger partial charge in [0.25, 0.3) is 5.91 Å². The molecule has 0 aliphatic heterocycles. The van der Waals surface area contributed by atoms with E-state index in [0.29, 0.717) is 28.6 Å². The maximum Gasteiger partial charge on any atom is 0.251 e. The average Bonchev–Trinajstić information content (AvgIpc) is 2.65. The lowest BCUT2D eigenvalue weighted by molar-refractivity contribution is 0.0954. The van der Waals surface area contributed by atoms with Crippen molar-refractivity contribution in [2.75, 3.05) is 26.8 Å². The van der Waals surface area contributed by atoms with Crippen LogP contribution in [0.25, 0.3) is 0 Å². The molecule has 0 heterocycles. The van der Waals surface area contributed by atoms with Gasteiger partial charge in [0.05, 0.1) is 21.5 Å². The highest BCUT2D eigenvalue weighted by Crippen LogP contribution is 2.25. The van der Waals surface area contributed by atoms with E-state index in [4.69, 9.17) is 27.9 Å². The Bertz CT molecular complexity index is 887. The van der Waals surface area contributed by atoms with E-state index in [1.165, 1.54) is 31.4 Å². The summed E-state index contributed by atoms with van der Waals surface area (Å²) in [5.74, 6) is -0.301. The number of nitrogens with one attached hydrogen (secondary N) is 2. The van der Waals surface area contributed by atoms with Crippen molar-refractivity contribution in [3.63, 3.8) is 0 Å². The molecule has 0 atom stereocenters. The zero-order chi connectivity index (χ0) is 19.9. The SMILES string of the molecule is COCCNS(=O)(=O)c1ccc(C(=O)NCCc2cccc(Cl)c2Cl)cc1. The first-order valence-electron chi connectivity index (χ1n) is 8.15. The van der Waals surface area contributed by atoms with Gasteiger partial charge < -0.3 is 10.1 Å². The van der Waals surface area contributed by atoms with Crippen LogP contribution < -0.4 is 10.0 Å². The van der Waals surface area contributed by atoms with Gasteiger partial charge in [-0.1, -0.05) is 35.3 Å². The van der Waals surface area contributed by atoms with Crippen molar-refractivity contribution in [3.05, 3.63) is 63.6 Å². The fraction of sp³-hybridized carbons (Fsp3) is 0.278. The van der Waals surface area contributed by atoms with Crippen molar-refractivity contribution in [1.29, 1.82) is 0 Å². The van der Waals surface area contributed by atoms with Crippen LogP contribution in [0.5, 0.6) is 0 Å². The average molecular weight is 431 g/mol. The number of ether oxygens (including phenoxy) is 1. The summed E-state index contributed by atoms with van der Waals surface area (Å²) in [6.07, 6.45) is 0.529. The predicted octanol–water partition coefficient (Wildman–Crippen LogP) is 2.89. The van der Waals surface area contributed by atoms with Gasteiger partial charge in [-0.25, -0.2) is 13.1 Å². The van der Waals surface area contributed by atoms with Gasteiger partial charge in [0.15, 0.2) is 0 Å². The van der Waals surface area contributed by atoms with Crippen LogP contribution in [0.1, 0.15) is 15.9 Å². The Morgan fingerprint density at radius 3 is 2.44 bits per heavy atom. The number of carbonyl (C=O) groups is 1. The molecule has 0 fully saturated rings. The number of sulfonamides is 1. The highest BCUT2D eigenvalue weighted by molar-refractivity contribution is 7.89. The number of amides is 1. The van der Waals surface area contributed by atoms with Crippen molar-refractivity contribution < 1.29 is 17.9 Å². The summed E-state index contributed by atoms with van der Waals surface area (Å²) in [6, 6.07) is 11.0. The first-order valence-corrected chi connectivity index (χ1v) is 10.4. The number of hydrogen-bond acceptors (Lipinski definition) is 4. The molecular formula is C18H20Cl2N2O4S. The number of carbonyl (C=O) groups excluding carboxylic acids is 1. The van der Waals surface area contributed by atoms with Crippen molar-refractivity contribution in [2.24, 2.45) is 0 Å². The van der Waals surface area contributed by atoms with E-state index in [1.54, 1.807) is 12.1 Å². The minimum Gasteiger partial charge on any atom is -0.383 e. The summed E-state index contributed by atoms with van der Waals surface area (Å²) < 4.78 is 31.4. The van der Waals surface area contributed by atoms with Crippen LogP contribution >= 0.6 is 23.2 Å². The molecule has 2 N–H and O–H groups in total. The fourth-order valence-corrected chi connectivity index (χ4v) is 3.73. The molecule has 2 rings (SSSR count).